The molecule has 0 N–H and O–H groups in total. The van der Waals surface area contributed by atoms with E-state index in [1.807, 2.05) is 36.4 Å². The maximum absolute atomic E-state index is 12.5. The summed E-state index contributed by atoms with van der Waals surface area (Å²) in [4.78, 5) is 12.7. The minimum absolute atomic E-state index is 0.137. The van der Waals surface area contributed by atoms with E-state index >= 15 is 0 Å². The number of hydrogen-bond acceptors (Lipinski definition) is 5. The molecule has 6 nitrogen and oxygen atoms in total. The van der Waals surface area contributed by atoms with E-state index in [0.717, 1.165) is 15.4 Å². The lowest BCUT2D eigenvalue weighted by atomic mass is 10.1. The van der Waals surface area contributed by atoms with Crippen molar-refractivity contribution in [1.29, 1.82) is 0 Å². The molecule has 0 radical (unpaired) electrons. The fraction of sp³-hybridized carbons (Fsp3) is 0.160. The summed E-state index contributed by atoms with van der Waals surface area (Å²) in [6.07, 6.45) is 3.12. The van der Waals surface area contributed by atoms with Gasteiger partial charge in [0.1, 0.15) is 6.61 Å². The number of methoxy groups -OCH3 is 1. The number of carbonyl (C=O) groups excluding carboxylic acids is 1. The molecule has 3 aromatic rings. The zero-order valence-electron chi connectivity index (χ0n) is 18.2. The molecule has 0 saturated carbocycles. The van der Waals surface area contributed by atoms with Gasteiger partial charge in [-0.25, -0.2) is 12.7 Å². The second-order valence-electron chi connectivity index (χ2n) is 7.19. The Morgan fingerprint density at radius 3 is 2.25 bits per heavy atom. The Morgan fingerprint density at radius 2 is 1.62 bits per heavy atom. The van der Waals surface area contributed by atoms with Crippen LogP contribution in [0.15, 0.2) is 83.8 Å². The summed E-state index contributed by atoms with van der Waals surface area (Å²) >= 11 is 0. The van der Waals surface area contributed by atoms with Crippen LogP contribution in [0.4, 0.5) is 0 Å². The monoisotopic (exact) mass is 451 g/mol. The molecule has 166 valence electrons. The lowest BCUT2D eigenvalue weighted by Gasteiger charge is -2.11. The highest BCUT2D eigenvalue weighted by molar-refractivity contribution is 7.89. The molecule has 0 aliphatic rings. The average Bonchev–Trinajstić information content (AvgIpc) is 2.81. The first-order chi connectivity index (χ1) is 15.3. The highest BCUT2D eigenvalue weighted by Crippen LogP contribution is 2.29. The largest absolute Gasteiger partial charge is 0.493 e. The highest BCUT2D eigenvalue weighted by Gasteiger charge is 2.17. The number of nitrogens with zero attached hydrogens (tertiary/aromatic N) is 1. The second-order valence-corrected chi connectivity index (χ2v) is 9.35. The molecule has 0 atom stereocenters. The third kappa shape index (κ3) is 5.63. The molecule has 0 spiro atoms. The number of benzene rings is 3. The van der Waals surface area contributed by atoms with Gasteiger partial charge in [0.2, 0.25) is 10.0 Å². The lowest BCUT2D eigenvalue weighted by Crippen LogP contribution is -2.22. The molecule has 32 heavy (non-hydrogen) atoms. The van der Waals surface area contributed by atoms with Crippen molar-refractivity contribution in [3.8, 4) is 11.5 Å². The maximum atomic E-state index is 12.5. The normalized spacial score (nSPS) is 11.6. The second kappa shape index (κ2) is 10.3. The molecule has 0 fully saturated rings. The van der Waals surface area contributed by atoms with Crippen molar-refractivity contribution >= 4 is 21.9 Å². The zero-order valence-corrected chi connectivity index (χ0v) is 19.0. The molecular formula is C25H25NO5S. The van der Waals surface area contributed by atoms with Crippen LogP contribution in [0.1, 0.15) is 21.5 Å². The van der Waals surface area contributed by atoms with Crippen LogP contribution in [-0.2, 0) is 16.6 Å². The van der Waals surface area contributed by atoms with E-state index in [1.165, 1.54) is 44.4 Å². The van der Waals surface area contributed by atoms with Crippen molar-refractivity contribution in [3.05, 3.63) is 95.6 Å². The quantitative estimate of drug-likeness (QED) is 0.356. The Hall–Kier alpha value is -3.42. The van der Waals surface area contributed by atoms with E-state index in [2.05, 4.69) is 0 Å². The van der Waals surface area contributed by atoms with Crippen molar-refractivity contribution in [2.45, 2.75) is 11.5 Å². The summed E-state index contributed by atoms with van der Waals surface area (Å²) in [5.74, 6) is 0.938. The van der Waals surface area contributed by atoms with Gasteiger partial charge in [0.15, 0.2) is 17.3 Å². The Bertz CT molecular complexity index is 1200. The van der Waals surface area contributed by atoms with Crippen LogP contribution in [0.25, 0.3) is 6.08 Å². The van der Waals surface area contributed by atoms with E-state index in [1.54, 1.807) is 25.3 Å². The van der Waals surface area contributed by atoms with Gasteiger partial charge in [-0.1, -0.05) is 42.5 Å². The van der Waals surface area contributed by atoms with Gasteiger partial charge in [-0.2, -0.15) is 0 Å². The standard InChI is InChI=1S/C25H25NO5S/c1-26(2)32(28,29)22-13-11-21(12-14-22)23(27)15-9-19-10-16-24(30-3)25(17-19)31-18-20-7-5-4-6-8-20/h4-17H,18H2,1-3H3/b15-9+. The van der Waals surface area contributed by atoms with E-state index in [4.69, 9.17) is 9.47 Å². The van der Waals surface area contributed by atoms with Crippen molar-refractivity contribution in [2.24, 2.45) is 0 Å². The molecule has 0 heterocycles. The number of rotatable bonds is 9. The number of sulfonamides is 1. The van der Waals surface area contributed by atoms with Crippen molar-refractivity contribution in [1.82, 2.24) is 4.31 Å². The molecule has 0 aromatic heterocycles. The predicted molar refractivity (Wildman–Crippen MR) is 124 cm³/mol. The molecule has 3 rings (SSSR count). The van der Waals surface area contributed by atoms with E-state index in [-0.39, 0.29) is 10.7 Å². The number of hydrogen-bond donors (Lipinski definition) is 0. The lowest BCUT2D eigenvalue weighted by molar-refractivity contribution is 0.104. The van der Waals surface area contributed by atoms with Gasteiger partial charge < -0.3 is 9.47 Å². The van der Waals surface area contributed by atoms with E-state index in [0.29, 0.717) is 23.7 Å². The Morgan fingerprint density at radius 1 is 0.938 bits per heavy atom. The average molecular weight is 452 g/mol. The topological polar surface area (TPSA) is 72.9 Å². The molecule has 0 bridgehead atoms. The predicted octanol–water partition coefficient (Wildman–Crippen LogP) is 4.42. The van der Waals surface area contributed by atoms with Gasteiger partial charge in [0.05, 0.1) is 12.0 Å². The smallest absolute Gasteiger partial charge is 0.242 e. The van der Waals surface area contributed by atoms with Gasteiger partial charge in [-0.05, 0) is 53.6 Å². The Balaban J connectivity index is 1.73. The summed E-state index contributed by atoms with van der Waals surface area (Å²) in [6, 6.07) is 21.1. The molecule has 0 amide bonds. The number of ketones is 1. The summed E-state index contributed by atoms with van der Waals surface area (Å²) in [7, 11) is 0.964. The minimum atomic E-state index is -3.53. The maximum Gasteiger partial charge on any atom is 0.242 e. The van der Waals surface area contributed by atoms with Crippen LogP contribution in [0.5, 0.6) is 11.5 Å². The number of allylic oxidation sites excluding steroid dienone is 1. The van der Waals surface area contributed by atoms with Crippen molar-refractivity contribution in [3.63, 3.8) is 0 Å². The van der Waals surface area contributed by atoms with Crippen LogP contribution in [0.2, 0.25) is 0 Å². The molecule has 0 aliphatic heterocycles. The number of carbonyl (C=O) groups is 1. The molecule has 0 unspecified atom stereocenters. The van der Waals surface area contributed by atoms with E-state index in [9.17, 15) is 13.2 Å². The zero-order chi connectivity index (χ0) is 23.1. The van der Waals surface area contributed by atoms with Crippen LogP contribution in [-0.4, -0.2) is 39.7 Å². The first-order valence-corrected chi connectivity index (χ1v) is 11.3. The fourth-order valence-corrected chi connectivity index (χ4v) is 3.82. The molecule has 0 aliphatic carbocycles. The summed E-state index contributed by atoms with van der Waals surface area (Å²) in [5.41, 5.74) is 2.20. The fourth-order valence-electron chi connectivity index (χ4n) is 2.92. The van der Waals surface area contributed by atoms with Gasteiger partial charge >= 0.3 is 0 Å². The molecule has 3 aromatic carbocycles. The first kappa shape index (κ1) is 23.2. The SMILES string of the molecule is COc1ccc(/C=C/C(=O)c2ccc(S(=O)(=O)N(C)C)cc2)cc1OCc1ccccc1. The molecular weight excluding hydrogens is 426 g/mol. The van der Waals surface area contributed by atoms with Crippen LogP contribution < -0.4 is 9.47 Å². The third-order valence-corrected chi connectivity index (χ3v) is 6.60. The molecule has 7 heteroatoms. The van der Waals surface area contributed by atoms with Crippen molar-refractivity contribution in [2.75, 3.05) is 21.2 Å². The van der Waals surface area contributed by atoms with Crippen LogP contribution in [0.3, 0.4) is 0 Å². The van der Waals surface area contributed by atoms with Gasteiger partial charge in [0, 0.05) is 19.7 Å². The highest BCUT2D eigenvalue weighted by atomic mass is 32.2. The van der Waals surface area contributed by atoms with Crippen LogP contribution >= 0.6 is 0 Å². The Labute approximate surface area is 188 Å². The summed E-state index contributed by atoms with van der Waals surface area (Å²) in [5, 5.41) is 0. The summed E-state index contributed by atoms with van der Waals surface area (Å²) in [6.45, 7) is 0.394. The van der Waals surface area contributed by atoms with Gasteiger partial charge in [0.25, 0.3) is 0 Å². The first-order valence-electron chi connectivity index (χ1n) is 9.91. The minimum Gasteiger partial charge on any atom is -0.493 e. The Kier molecular flexibility index (Phi) is 7.45. The van der Waals surface area contributed by atoms with E-state index < -0.39 is 10.0 Å². The van der Waals surface area contributed by atoms with Gasteiger partial charge in [-0.15, -0.1) is 0 Å². The third-order valence-electron chi connectivity index (χ3n) is 4.77. The summed E-state index contributed by atoms with van der Waals surface area (Å²) < 4.78 is 36.7. The molecule has 0 saturated heterocycles. The van der Waals surface area contributed by atoms with Crippen LogP contribution in [0, 0.1) is 0 Å². The van der Waals surface area contributed by atoms with Gasteiger partial charge in [-0.3, -0.25) is 4.79 Å². The van der Waals surface area contributed by atoms with Crippen molar-refractivity contribution < 1.29 is 22.7 Å². The number of ether oxygens (including phenoxy) is 2.